The molecule has 44 heavy (non-hydrogen) atoms. The maximum absolute atomic E-state index is 15.7. The molecule has 1 aromatic heterocycles. The molecule has 4 atom stereocenters. The van der Waals surface area contributed by atoms with Crippen LogP contribution in [-0.2, 0) is 15.7 Å². The van der Waals surface area contributed by atoms with Crippen molar-refractivity contribution in [2.75, 3.05) is 50.9 Å². The summed E-state index contributed by atoms with van der Waals surface area (Å²) in [5.41, 5.74) is -3.35. The number of hydrogen-bond donors (Lipinski definition) is 0. The molecule has 4 aliphatic heterocycles. The quantitative estimate of drug-likeness (QED) is 0.400. The number of morpholine rings is 1. The zero-order chi connectivity index (χ0) is 31.8. The van der Waals surface area contributed by atoms with Crippen molar-refractivity contribution in [1.29, 1.82) is 0 Å². The average molecular weight is 696 g/mol. The van der Waals surface area contributed by atoms with Gasteiger partial charge in [-0.05, 0) is 42.8 Å². The molecule has 0 saturated carbocycles. The second-order valence-corrected chi connectivity index (χ2v) is 13.7. The van der Waals surface area contributed by atoms with Gasteiger partial charge in [0.1, 0.15) is 35.9 Å². The Labute approximate surface area is 257 Å². The Kier molecular flexibility index (Phi) is 7.88. The van der Waals surface area contributed by atoms with Crippen LogP contribution in [0.25, 0.3) is 10.9 Å². The molecule has 6 rings (SSSR count). The fourth-order valence-corrected chi connectivity index (χ4v) is 7.29. The van der Waals surface area contributed by atoms with Gasteiger partial charge in [0.25, 0.3) is 0 Å². The minimum atomic E-state index is -4.89. The van der Waals surface area contributed by atoms with Gasteiger partial charge < -0.3 is 24.0 Å². The molecule has 2 aromatic rings. The zero-order valence-corrected chi connectivity index (χ0v) is 25.9. The van der Waals surface area contributed by atoms with Crippen LogP contribution in [0.4, 0.5) is 37.0 Å². The summed E-state index contributed by atoms with van der Waals surface area (Å²) >= 11 is 2.74. The van der Waals surface area contributed by atoms with E-state index in [0.29, 0.717) is 0 Å². The highest BCUT2D eigenvalue weighted by Gasteiger charge is 2.53. The third-order valence-electron chi connectivity index (χ3n) is 8.48. The number of nitrogens with zero attached hydrogens (tertiary/aromatic N) is 5. The van der Waals surface area contributed by atoms with Crippen molar-refractivity contribution in [2.45, 2.75) is 75.4 Å². The van der Waals surface area contributed by atoms with Crippen molar-refractivity contribution < 1.29 is 45.3 Å². The fourth-order valence-electron chi connectivity index (χ4n) is 6.76. The maximum Gasteiger partial charge on any atom is 0.417 e. The van der Waals surface area contributed by atoms with Gasteiger partial charge in [-0.25, -0.2) is 18.0 Å². The van der Waals surface area contributed by atoms with Gasteiger partial charge in [0, 0.05) is 44.4 Å². The fraction of sp³-hybridized carbons (Fsp3) is 0.679. The summed E-state index contributed by atoms with van der Waals surface area (Å²) in [5, 5.41) is -0.206. The molecule has 1 amide bonds. The SMILES string of the molecule is CC(C)(C)OC(=O)N1CC2COCC(C1)N2c1nc(OCC23CC(F)CN2CC(F)C3)nc2c(F)c(Br)c(C(F)(F)F)cc12. The lowest BCUT2D eigenvalue weighted by Crippen LogP contribution is -2.66. The third kappa shape index (κ3) is 5.77. The number of anilines is 1. The van der Waals surface area contributed by atoms with E-state index in [9.17, 15) is 26.7 Å². The van der Waals surface area contributed by atoms with Crippen molar-refractivity contribution in [3.05, 3.63) is 21.9 Å². The molecule has 4 unspecified atom stereocenters. The van der Waals surface area contributed by atoms with Gasteiger partial charge >= 0.3 is 18.3 Å². The molecule has 0 radical (unpaired) electrons. The molecule has 242 valence electrons. The van der Waals surface area contributed by atoms with Crippen molar-refractivity contribution in [1.82, 2.24) is 19.8 Å². The van der Waals surface area contributed by atoms with Gasteiger partial charge in [-0.2, -0.15) is 23.1 Å². The number of carbonyl (C=O) groups is 1. The van der Waals surface area contributed by atoms with Gasteiger partial charge in [-0.1, -0.05) is 0 Å². The summed E-state index contributed by atoms with van der Waals surface area (Å²) in [4.78, 5) is 26.5. The molecule has 1 aromatic carbocycles. The molecular weight excluding hydrogens is 664 g/mol. The van der Waals surface area contributed by atoms with E-state index in [1.807, 2.05) is 0 Å². The van der Waals surface area contributed by atoms with Gasteiger partial charge in [-0.3, -0.25) is 4.90 Å². The standard InChI is InChI=1S/C28H32BrF6N5O4/c1-26(2,3)44-25(41)38-9-16-11-42-12-17(10-38)40(16)23-18-4-19(28(33,34)35)20(29)21(32)22(18)36-24(37-23)43-13-27-5-14(30)7-39(27)8-15(31)6-27/h4,14-17H,5-13H2,1-3H3. The minimum absolute atomic E-state index is 0.0250. The normalized spacial score (nSPS) is 29.3. The van der Waals surface area contributed by atoms with E-state index in [1.54, 1.807) is 30.6 Å². The Balaban J connectivity index is 1.40. The highest BCUT2D eigenvalue weighted by molar-refractivity contribution is 9.10. The molecule has 2 bridgehead atoms. The molecule has 0 N–H and O–H groups in total. The Hall–Kier alpha value is -2.59. The van der Waals surface area contributed by atoms with Crippen LogP contribution < -0.4 is 9.64 Å². The molecular formula is C28H32BrF6N5O4. The van der Waals surface area contributed by atoms with E-state index < -0.39 is 69.2 Å². The van der Waals surface area contributed by atoms with E-state index in [-0.39, 0.29) is 76.1 Å². The zero-order valence-electron chi connectivity index (χ0n) is 24.3. The van der Waals surface area contributed by atoms with Gasteiger partial charge in [0.05, 0.1) is 40.9 Å². The first-order valence-electron chi connectivity index (χ1n) is 14.3. The highest BCUT2D eigenvalue weighted by atomic mass is 79.9. The number of ether oxygens (including phenoxy) is 3. The predicted octanol–water partition coefficient (Wildman–Crippen LogP) is 5.28. The number of carbonyl (C=O) groups excluding carboxylic acids is 1. The topological polar surface area (TPSA) is 80.3 Å². The summed E-state index contributed by atoms with van der Waals surface area (Å²) in [6, 6.07) is -0.694. The number of halogens is 7. The van der Waals surface area contributed by atoms with Gasteiger partial charge in [0.15, 0.2) is 5.82 Å². The number of piperazine rings is 1. The first-order chi connectivity index (χ1) is 20.5. The van der Waals surface area contributed by atoms with E-state index in [1.165, 1.54) is 4.90 Å². The van der Waals surface area contributed by atoms with E-state index in [0.717, 1.165) is 6.07 Å². The molecule has 0 spiro atoms. The van der Waals surface area contributed by atoms with Crippen LogP contribution in [0.2, 0.25) is 0 Å². The number of benzene rings is 1. The van der Waals surface area contributed by atoms with Crippen LogP contribution in [0, 0.1) is 5.82 Å². The van der Waals surface area contributed by atoms with Crippen molar-refractivity contribution >= 4 is 38.7 Å². The smallest absolute Gasteiger partial charge is 0.417 e. The lowest BCUT2D eigenvalue weighted by Gasteiger charge is -2.50. The van der Waals surface area contributed by atoms with E-state index in [4.69, 9.17) is 14.2 Å². The molecule has 5 heterocycles. The second kappa shape index (κ2) is 11.0. The second-order valence-electron chi connectivity index (χ2n) is 12.9. The Morgan fingerprint density at radius 2 is 1.68 bits per heavy atom. The van der Waals surface area contributed by atoms with Gasteiger partial charge in [-0.15, -0.1) is 0 Å². The summed E-state index contributed by atoms with van der Waals surface area (Å²) < 4.78 is 103. The van der Waals surface area contributed by atoms with Crippen LogP contribution in [0.5, 0.6) is 6.01 Å². The molecule has 0 aliphatic carbocycles. The van der Waals surface area contributed by atoms with Crippen LogP contribution in [0.1, 0.15) is 39.2 Å². The number of amides is 1. The van der Waals surface area contributed by atoms with Crippen molar-refractivity contribution in [3.63, 3.8) is 0 Å². The summed E-state index contributed by atoms with van der Waals surface area (Å²) in [7, 11) is 0. The van der Waals surface area contributed by atoms with E-state index in [2.05, 4.69) is 25.9 Å². The lowest BCUT2D eigenvalue weighted by molar-refractivity contribution is -0.138. The Morgan fingerprint density at radius 1 is 1.07 bits per heavy atom. The molecule has 4 aliphatic rings. The maximum atomic E-state index is 15.7. The molecule has 9 nitrogen and oxygen atoms in total. The summed E-state index contributed by atoms with van der Waals surface area (Å²) in [6.07, 6.45) is -7.71. The Morgan fingerprint density at radius 3 is 2.25 bits per heavy atom. The van der Waals surface area contributed by atoms with Crippen molar-refractivity contribution in [3.8, 4) is 6.01 Å². The van der Waals surface area contributed by atoms with E-state index >= 15 is 4.39 Å². The minimum Gasteiger partial charge on any atom is -0.461 e. The largest absolute Gasteiger partial charge is 0.461 e. The molecule has 4 saturated heterocycles. The molecule has 4 fully saturated rings. The van der Waals surface area contributed by atoms with Crippen LogP contribution in [-0.4, -0.2) is 107 Å². The lowest BCUT2D eigenvalue weighted by atomic mass is 9.94. The Bertz CT molecular complexity index is 1430. The van der Waals surface area contributed by atoms with Crippen LogP contribution >= 0.6 is 15.9 Å². The monoisotopic (exact) mass is 695 g/mol. The third-order valence-corrected chi connectivity index (χ3v) is 9.26. The number of alkyl halides is 5. The molecule has 16 heteroatoms. The van der Waals surface area contributed by atoms with Crippen molar-refractivity contribution in [2.24, 2.45) is 0 Å². The number of rotatable bonds is 4. The summed E-state index contributed by atoms with van der Waals surface area (Å²) in [5.74, 6) is -1.28. The van der Waals surface area contributed by atoms with Gasteiger partial charge in [0.2, 0.25) is 0 Å². The van der Waals surface area contributed by atoms with Crippen LogP contribution in [0.3, 0.4) is 0 Å². The predicted molar refractivity (Wildman–Crippen MR) is 150 cm³/mol. The summed E-state index contributed by atoms with van der Waals surface area (Å²) in [6.45, 7) is 5.56. The number of aromatic nitrogens is 2. The number of fused-ring (bicyclic) bond motifs is 4. The first kappa shape index (κ1) is 31.4. The highest BCUT2D eigenvalue weighted by Crippen LogP contribution is 2.44. The average Bonchev–Trinajstić information content (AvgIpc) is 3.36. The first-order valence-corrected chi connectivity index (χ1v) is 15.1. The van der Waals surface area contributed by atoms with Crippen LogP contribution in [0.15, 0.2) is 10.5 Å². The number of hydrogen-bond acceptors (Lipinski definition) is 8.